The van der Waals surface area contributed by atoms with Crippen molar-refractivity contribution >= 4 is 11.8 Å². The Bertz CT molecular complexity index is 603. The van der Waals surface area contributed by atoms with Crippen molar-refractivity contribution in [2.75, 3.05) is 0 Å². The van der Waals surface area contributed by atoms with Gasteiger partial charge in [-0.1, -0.05) is 0 Å². The number of carbonyl (C=O) groups excluding carboxylic acids is 2. The molecule has 0 bridgehead atoms. The van der Waals surface area contributed by atoms with Gasteiger partial charge in [-0.3, -0.25) is 14.3 Å². The molecule has 6 heteroatoms. The molecule has 1 N–H and O–H groups in total. The molecule has 1 saturated carbocycles. The summed E-state index contributed by atoms with van der Waals surface area (Å²) in [6.45, 7) is 5.84. The zero-order valence-electron chi connectivity index (χ0n) is 13.0. The molecule has 1 aliphatic carbocycles. The standard InChI is InChI=1S/C15H22N4O2/c1-14(2)13(21)19(9-10-7-16-18(4)8-10)15(3,11-5-6-11)12(20)17-14/h7-8,11H,5-6,9H2,1-4H3,(H,17,20). The number of nitrogens with zero attached hydrogens (tertiary/aromatic N) is 3. The van der Waals surface area contributed by atoms with Crippen molar-refractivity contribution in [3.63, 3.8) is 0 Å². The zero-order chi connectivity index (χ0) is 15.4. The molecule has 21 heavy (non-hydrogen) atoms. The van der Waals surface area contributed by atoms with E-state index in [9.17, 15) is 9.59 Å². The second-order valence-electron chi connectivity index (χ2n) is 6.91. The number of hydrogen-bond acceptors (Lipinski definition) is 3. The molecule has 0 aromatic carbocycles. The highest BCUT2D eigenvalue weighted by atomic mass is 16.2. The van der Waals surface area contributed by atoms with E-state index in [0.29, 0.717) is 6.54 Å². The van der Waals surface area contributed by atoms with E-state index in [-0.39, 0.29) is 17.7 Å². The Morgan fingerprint density at radius 2 is 2.00 bits per heavy atom. The minimum atomic E-state index is -0.853. The van der Waals surface area contributed by atoms with E-state index in [1.165, 1.54) is 0 Å². The molecule has 1 aromatic heterocycles. The van der Waals surface area contributed by atoms with Gasteiger partial charge < -0.3 is 10.2 Å². The normalized spacial score (nSPS) is 28.7. The topological polar surface area (TPSA) is 67.2 Å². The maximum atomic E-state index is 12.8. The Labute approximate surface area is 124 Å². The molecule has 0 spiro atoms. The number of nitrogens with one attached hydrogen (secondary N) is 1. The number of piperazine rings is 1. The lowest BCUT2D eigenvalue weighted by atomic mass is 9.84. The van der Waals surface area contributed by atoms with Crippen molar-refractivity contribution in [2.45, 2.75) is 51.2 Å². The van der Waals surface area contributed by atoms with Crippen molar-refractivity contribution in [3.05, 3.63) is 18.0 Å². The quantitative estimate of drug-likeness (QED) is 0.896. The van der Waals surface area contributed by atoms with Crippen LogP contribution in [0.4, 0.5) is 0 Å². The first-order valence-electron chi connectivity index (χ1n) is 7.37. The molecule has 114 valence electrons. The summed E-state index contributed by atoms with van der Waals surface area (Å²) >= 11 is 0. The lowest BCUT2D eigenvalue weighted by Crippen LogP contribution is -2.73. The van der Waals surface area contributed by atoms with Gasteiger partial charge in [0.05, 0.1) is 6.20 Å². The van der Waals surface area contributed by atoms with Gasteiger partial charge in [0.25, 0.3) is 0 Å². The molecule has 1 saturated heterocycles. The highest BCUT2D eigenvalue weighted by Gasteiger charge is 2.58. The van der Waals surface area contributed by atoms with E-state index in [0.717, 1.165) is 18.4 Å². The number of hydrogen-bond donors (Lipinski definition) is 1. The van der Waals surface area contributed by atoms with E-state index in [1.54, 1.807) is 29.6 Å². The van der Waals surface area contributed by atoms with Gasteiger partial charge >= 0.3 is 0 Å². The first-order chi connectivity index (χ1) is 9.75. The number of aryl methyl sites for hydroxylation is 1. The third kappa shape index (κ3) is 2.13. The van der Waals surface area contributed by atoms with Gasteiger partial charge in [0, 0.05) is 25.4 Å². The van der Waals surface area contributed by atoms with E-state index in [4.69, 9.17) is 0 Å². The number of carbonyl (C=O) groups is 2. The average molecular weight is 290 g/mol. The summed E-state index contributed by atoms with van der Waals surface area (Å²) in [4.78, 5) is 27.2. The molecule has 2 amide bonds. The summed E-state index contributed by atoms with van der Waals surface area (Å²) < 4.78 is 1.71. The van der Waals surface area contributed by atoms with Crippen LogP contribution < -0.4 is 5.32 Å². The molecule has 1 aliphatic heterocycles. The highest BCUT2D eigenvalue weighted by Crippen LogP contribution is 2.46. The van der Waals surface area contributed by atoms with Gasteiger partial charge in [-0.15, -0.1) is 0 Å². The van der Waals surface area contributed by atoms with Gasteiger partial charge in [-0.25, -0.2) is 0 Å². The van der Waals surface area contributed by atoms with Gasteiger partial charge in [0.15, 0.2) is 0 Å². The Kier molecular flexibility index (Phi) is 2.90. The largest absolute Gasteiger partial charge is 0.340 e. The number of rotatable bonds is 3. The Balaban J connectivity index is 1.97. The molecule has 3 rings (SSSR count). The van der Waals surface area contributed by atoms with Gasteiger partial charge in [0.1, 0.15) is 11.1 Å². The fourth-order valence-electron chi connectivity index (χ4n) is 3.16. The Morgan fingerprint density at radius 3 is 2.52 bits per heavy atom. The van der Waals surface area contributed by atoms with Crippen molar-refractivity contribution in [3.8, 4) is 0 Å². The molecular formula is C15H22N4O2. The summed E-state index contributed by atoms with van der Waals surface area (Å²) in [5.74, 6) is 0.188. The van der Waals surface area contributed by atoms with Crippen LogP contribution in [0.5, 0.6) is 0 Å². The van der Waals surface area contributed by atoms with E-state index in [2.05, 4.69) is 10.4 Å². The second kappa shape index (κ2) is 4.32. The number of amides is 2. The lowest BCUT2D eigenvalue weighted by Gasteiger charge is -2.49. The molecular weight excluding hydrogens is 268 g/mol. The van der Waals surface area contributed by atoms with Gasteiger partial charge in [-0.05, 0) is 39.5 Å². The third-order valence-electron chi connectivity index (χ3n) is 4.70. The minimum Gasteiger partial charge on any atom is -0.340 e. The van der Waals surface area contributed by atoms with Crippen LogP contribution in [0.1, 0.15) is 39.2 Å². The maximum Gasteiger partial charge on any atom is 0.248 e. The highest BCUT2D eigenvalue weighted by molar-refractivity contribution is 6.02. The molecule has 0 radical (unpaired) electrons. The van der Waals surface area contributed by atoms with Crippen LogP contribution in [-0.4, -0.2) is 37.6 Å². The summed E-state index contributed by atoms with van der Waals surface area (Å²) in [7, 11) is 1.85. The Morgan fingerprint density at radius 1 is 1.33 bits per heavy atom. The van der Waals surface area contributed by atoms with Crippen LogP contribution in [0, 0.1) is 5.92 Å². The number of aromatic nitrogens is 2. The zero-order valence-corrected chi connectivity index (χ0v) is 13.0. The van der Waals surface area contributed by atoms with Crippen LogP contribution in [0.3, 0.4) is 0 Å². The van der Waals surface area contributed by atoms with Gasteiger partial charge in [0.2, 0.25) is 11.8 Å². The Hall–Kier alpha value is -1.85. The van der Waals surface area contributed by atoms with Crippen molar-refractivity contribution < 1.29 is 9.59 Å². The van der Waals surface area contributed by atoms with E-state index in [1.807, 2.05) is 20.2 Å². The molecule has 2 heterocycles. The summed E-state index contributed by atoms with van der Waals surface area (Å²) in [6, 6.07) is 0. The third-order valence-corrected chi connectivity index (χ3v) is 4.70. The summed E-state index contributed by atoms with van der Waals surface area (Å²) in [5.41, 5.74) is -0.654. The molecule has 1 unspecified atom stereocenters. The monoisotopic (exact) mass is 290 g/mol. The van der Waals surface area contributed by atoms with Crippen LogP contribution >= 0.6 is 0 Å². The predicted molar refractivity (Wildman–Crippen MR) is 77.1 cm³/mol. The smallest absolute Gasteiger partial charge is 0.248 e. The average Bonchev–Trinajstić information content (AvgIpc) is 3.17. The van der Waals surface area contributed by atoms with Crippen LogP contribution in [0.25, 0.3) is 0 Å². The molecule has 1 atom stereocenters. The molecule has 2 fully saturated rings. The predicted octanol–water partition coefficient (Wildman–Crippen LogP) is 0.826. The SMILES string of the molecule is Cn1cc(CN2C(=O)C(C)(C)NC(=O)C2(C)C2CC2)cn1. The maximum absolute atomic E-state index is 12.8. The second-order valence-corrected chi connectivity index (χ2v) is 6.91. The van der Waals surface area contributed by atoms with Crippen molar-refractivity contribution in [1.29, 1.82) is 0 Å². The fourth-order valence-corrected chi connectivity index (χ4v) is 3.16. The van der Waals surface area contributed by atoms with E-state index >= 15 is 0 Å². The van der Waals surface area contributed by atoms with E-state index < -0.39 is 11.1 Å². The first-order valence-corrected chi connectivity index (χ1v) is 7.37. The lowest BCUT2D eigenvalue weighted by molar-refractivity contribution is -0.163. The van der Waals surface area contributed by atoms with Crippen LogP contribution in [-0.2, 0) is 23.2 Å². The first kappa shape index (κ1) is 14.1. The van der Waals surface area contributed by atoms with Crippen LogP contribution in [0.2, 0.25) is 0 Å². The van der Waals surface area contributed by atoms with Crippen molar-refractivity contribution in [2.24, 2.45) is 13.0 Å². The molecule has 6 nitrogen and oxygen atoms in total. The summed E-state index contributed by atoms with van der Waals surface area (Å²) in [5, 5.41) is 7.04. The van der Waals surface area contributed by atoms with Gasteiger partial charge in [-0.2, -0.15) is 5.10 Å². The molecule has 2 aliphatic rings. The fraction of sp³-hybridized carbons (Fsp3) is 0.667. The molecule has 1 aromatic rings. The summed E-state index contributed by atoms with van der Waals surface area (Å²) in [6.07, 6.45) is 5.64. The van der Waals surface area contributed by atoms with Crippen molar-refractivity contribution in [1.82, 2.24) is 20.0 Å². The van der Waals surface area contributed by atoms with Crippen LogP contribution in [0.15, 0.2) is 12.4 Å². The minimum absolute atomic E-state index is 0.0275.